The van der Waals surface area contributed by atoms with Crippen molar-refractivity contribution in [2.75, 3.05) is 17.2 Å². The quantitative estimate of drug-likeness (QED) is 0.676. The molecule has 0 bridgehead atoms. The molecule has 15 heavy (non-hydrogen) atoms. The Kier molecular flexibility index (Phi) is 3.82. The van der Waals surface area contributed by atoms with Gasteiger partial charge in [-0.15, -0.1) is 0 Å². The van der Waals surface area contributed by atoms with Crippen molar-refractivity contribution in [3.63, 3.8) is 0 Å². The lowest BCUT2D eigenvalue weighted by atomic mass is 10.2. The van der Waals surface area contributed by atoms with Crippen LogP contribution in [0, 0.1) is 0 Å². The molecule has 0 radical (unpaired) electrons. The largest absolute Gasteiger partial charge is 0.325 e. The molecule has 0 fully saturated rings. The van der Waals surface area contributed by atoms with Gasteiger partial charge in [0.2, 0.25) is 11.8 Å². The van der Waals surface area contributed by atoms with E-state index in [9.17, 15) is 9.59 Å². The summed E-state index contributed by atoms with van der Waals surface area (Å²) in [4.78, 5) is 21.9. The number of rotatable bonds is 3. The molecule has 4 N–H and O–H groups in total. The minimum absolute atomic E-state index is 0.0889. The fourth-order valence-corrected chi connectivity index (χ4v) is 1.09. The molecule has 5 heteroatoms. The van der Waals surface area contributed by atoms with Crippen molar-refractivity contribution in [1.82, 2.24) is 0 Å². The second kappa shape index (κ2) is 5.11. The number of amides is 2. The molecule has 0 aliphatic carbocycles. The highest BCUT2D eigenvalue weighted by atomic mass is 16.2. The SMILES string of the molecule is CC(=O)Nc1ccccc1NC(=O)CN. The molecule has 80 valence electrons. The minimum Gasteiger partial charge on any atom is -0.325 e. The van der Waals surface area contributed by atoms with E-state index in [0.29, 0.717) is 11.4 Å². The van der Waals surface area contributed by atoms with E-state index in [1.165, 1.54) is 6.92 Å². The number of hydrogen-bond donors (Lipinski definition) is 3. The first-order valence-electron chi connectivity index (χ1n) is 4.50. The molecular weight excluding hydrogens is 194 g/mol. The van der Waals surface area contributed by atoms with Crippen LogP contribution in [0.4, 0.5) is 11.4 Å². The van der Waals surface area contributed by atoms with Gasteiger partial charge in [-0.1, -0.05) is 12.1 Å². The fourth-order valence-electron chi connectivity index (χ4n) is 1.09. The van der Waals surface area contributed by atoms with Crippen LogP contribution in [0.2, 0.25) is 0 Å². The molecular formula is C10H13N3O2. The first-order chi connectivity index (χ1) is 7.13. The average Bonchev–Trinajstić information content (AvgIpc) is 2.20. The molecule has 2 amide bonds. The minimum atomic E-state index is -0.298. The second-order valence-electron chi connectivity index (χ2n) is 2.98. The highest BCUT2D eigenvalue weighted by Gasteiger charge is 2.05. The summed E-state index contributed by atoms with van der Waals surface area (Å²) < 4.78 is 0. The lowest BCUT2D eigenvalue weighted by Crippen LogP contribution is -2.22. The zero-order chi connectivity index (χ0) is 11.3. The number of carbonyl (C=O) groups excluding carboxylic acids is 2. The van der Waals surface area contributed by atoms with E-state index in [4.69, 9.17) is 5.73 Å². The van der Waals surface area contributed by atoms with Crippen LogP contribution >= 0.6 is 0 Å². The number of para-hydroxylation sites is 2. The van der Waals surface area contributed by atoms with Crippen LogP contribution in [-0.4, -0.2) is 18.4 Å². The molecule has 0 aliphatic rings. The summed E-state index contributed by atoms with van der Waals surface area (Å²) in [6.07, 6.45) is 0. The van der Waals surface area contributed by atoms with Gasteiger partial charge in [0.1, 0.15) is 0 Å². The first-order valence-corrected chi connectivity index (χ1v) is 4.50. The Labute approximate surface area is 87.7 Å². The third kappa shape index (κ3) is 3.40. The van der Waals surface area contributed by atoms with Crippen molar-refractivity contribution in [2.24, 2.45) is 5.73 Å². The van der Waals surface area contributed by atoms with Gasteiger partial charge in [0, 0.05) is 6.92 Å². The predicted molar refractivity (Wildman–Crippen MR) is 58.4 cm³/mol. The monoisotopic (exact) mass is 207 g/mol. The Morgan fingerprint density at radius 1 is 1.20 bits per heavy atom. The first kappa shape index (κ1) is 11.2. The van der Waals surface area contributed by atoms with Gasteiger partial charge in [-0.25, -0.2) is 0 Å². The summed E-state index contributed by atoms with van der Waals surface area (Å²) >= 11 is 0. The number of nitrogens with one attached hydrogen (secondary N) is 2. The molecule has 0 spiro atoms. The molecule has 0 aliphatic heterocycles. The van der Waals surface area contributed by atoms with Gasteiger partial charge in [0.15, 0.2) is 0 Å². The molecule has 1 aromatic rings. The highest BCUT2D eigenvalue weighted by Crippen LogP contribution is 2.20. The summed E-state index contributed by atoms with van der Waals surface area (Å²) in [6, 6.07) is 6.92. The van der Waals surface area contributed by atoms with Gasteiger partial charge < -0.3 is 16.4 Å². The zero-order valence-corrected chi connectivity index (χ0v) is 8.41. The van der Waals surface area contributed by atoms with Crippen molar-refractivity contribution in [3.05, 3.63) is 24.3 Å². The second-order valence-corrected chi connectivity index (χ2v) is 2.98. The van der Waals surface area contributed by atoms with Gasteiger partial charge in [-0.2, -0.15) is 0 Å². The molecule has 1 aromatic carbocycles. The number of benzene rings is 1. The standard InChI is InChI=1S/C10H13N3O2/c1-7(14)12-8-4-2-3-5-9(8)13-10(15)6-11/h2-5H,6,11H2,1H3,(H,12,14)(H,13,15). The Morgan fingerprint density at radius 3 is 2.20 bits per heavy atom. The van der Waals surface area contributed by atoms with Gasteiger partial charge in [0.05, 0.1) is 17.9 Å². The van der Waals surface area contributed by atoms with E-state index in [1.54, 1.807) is 24.3 Å². The third-order valence-electron chi connectivity index (χ3n) is 1.70. The van der Waals surface area contributed by atoms with Gasteiger partial charge >= 0.3 is 0 Å². The van der Waals surface area contributed by atoms with Crippen LogP contribution in [0.1, 0.15) is 6.92 Å². The van der Waals surface area contributed by atoms with E-state index in [-0.39, 0.29) is 18.4 Å². The molecule has 0 unspecified atom stereocenters. The lowest BCUT2D eigenvalue weighted by molar-refractivity contribution is -0.115. The van der Waals surface area contributed by atoms with E-state index in [2.05, 4.69) is 10.6 Å². The van der Waals surface area contributed by atoms with Crippen LogP contribution in [0.15, 0.2) is 24.3 Å². The van der Waals surface area contributed by atoms with E-state index < -0.39 is 0 Å². The van der Waals surface area contributed by atoms with Crippen LogP contribution in [-0.2, 0) is 9.59 Å². The molecule has 1 rings (SSSR count). The molecule has 0 heterocycles. The summed E-state index contributed by atoms with van der Waals surface area (Å²) in [6.45, 7) is 1.32. The van der Waals surface area contributed by atoms with Gasteiger partial charge in [0.25, 0.3) is 0 Å². The Balaban J connectivity index is 2.85. The number of nitrogens with two attached hydrogens (primary N) is 1. The maximum Gasteiger partial charge on any atom is 0.238 e. The van der Waals surface area contributed by atoms with Crippen LogP contribution in [0.25, 0.3) is 0 Å². The van der Waals surface area contributed by atoms with Crippen molar-refractivity contribution >= 4 is 23.2 Å². The van der Waals surface area contributed by atoms with E-state index in [1.807, 2.05) is 0 Å². The Bertz CT molecular complexity index is 377. The highest BCUT2D eigenvalue weighted by molar-refractivity contribution is 5.99. The molecule has 0 aromatic heterocycles. The summed E-state index contributed by atoms with van der Waals surface area (Å²) in [5.74, 6) is -0.489. The molecule has 0 saturated heterocycles. The average molecular weight is 207 g/mol. The maximum atomic E-state index is 11.1. The lowest BCUT2D eigenvalue weighted by Gasteiger charge is -2.10. The van der Waals surface area contributed by atoms with E-state index in [0.717, 1.165) is 0 Å². The fraction of sp³-hybridized carbons (Fsp3) is 0.200. The van der Waals surface area contributed by atoms with E-state index >= 15 is 0 Å². The van der Waals surface area contributed by atoms with Crippen molar-refractivity contribution in [2.45, 2.75) is 6.92 Å². The number of carbonyl (C=O) groups is 2. The summed E-state index contributed by atoms with van der Waals surface area (Å²) in [7, 11) is 0. The smallest absolute Gasteiger partial charge is 0.238 e. The summed E-state index contributed by atoms with van der Waals surface area (Å²) in [5.41, 5.74) is 6.28. The van der Waals surface area contributed by atoms with Gasteiger partial charge in [-0.05, 0) is 12.1 Å². The van der Waals surface area contributed by atoms with Crippen LogP contribution in [0.3, 0.4) is 0 Å². The van der Waals surface area contributed by atoms with Crippen LogP contribution < -0.4 is 16.4 Å². The Morgan fingerprint density at radius 2 is 1.73 bits per heavy atom. The number of anilines is 2. The van der Waals surface area contributed by atoms with Crippen molar-refractivity contribution < 1.29 is 9.59 Å². The molecule has 5 nitrogen and oxygen atoms in total. The molecule has 0 saturated carbocycles. The number of hydrogen-bond acceptors (Lipinski definition) is 3. The van der Waals surface area contributed by atoms with Crippen LogP contribution in [0.5, 0.6) is 0 Å². The molecule has 0 atom stereocenters. The van der Waals surface area contributed by atoms with Crippen molar-refractivity contribution in [1.29, 1.82) is 0 Å². The van der Waals surface area contributed by atoms with Gasteiger partial charge in [-0.3, -0.25) is 9.59 Å². The topological polar surface area (TPSA) is 84.2 Å². The Hall–Kier alpha value is -1.88. The maximum absolute atomic E-state index is 11.1. The zero-order valence-electron chi connectivity index (χ0n) is 8.41. The summed E-state index contributed by atoms with van der Waals surface area (Å²) in [5, 5.41) is 5.20. The van der Waals surface area contributed by atoms with Crippen molar-refractivity contribution in [3.8, 4) is 0 Å². The normalized spacial score (nSPS) is 9.47. The third-order valence-corrected chi connectivity index (χ3v) is 1.70. The predicted octanol–water partition coefficient (Wildman–Crippen LogP) is 0.542.